The van der Waals surface area contributed by atoms with Crippen LogP contribution in [0.25, 0.3) is 11.0 Å². The molecule has 0 spiro atoms. The molecular formula is C27H27N3O5. The van der Waals surface area contributed by atoms with E-state index in [-0.39, 0.29) is 12.5 Å². The zero-order valence-electron chi connectivity index (χ0n) is 19.9. The second-order valence-electron chi connectivity index (χ2n) is 8.04. The van der Waals surface area contributed by atoms with E-state index in [1.54, 1.807) is 44.5 Å². The third-order valence-corrected chi connectivity index (χ3v) is 5.80. The molecule has 4 aromatic rings. The highest BCUT2D eigenvalue weighted by atomic mass is 16.5. The predicted octanol–water partition coefficient (Wildman–Crippen LogP) is 3.09. The van der Waals surface area contributed by atoms with Crippen molar-refractivity contribution in [1.82, 2.24) is 14.5 Å². The molecule has 1 heterocycles. The third kappa shape index (κ3) is 4.96. The lowest BCUT2D eigenvalue weighted by Gasteiger charge is -2.13. The lowest BCUT2D eigenvalue weighted by molar-refractivity contribution is 0.0951. The van der Waals surface area contributed by atoms with Gasteiger partial charge in [-0.1, -0.05) is 30.3 Å². The Kier molecular flexibility index (Phi) is 7.01. The molecular weight excluding hydrogens is 446 g/mol. The number of nitrogens with zero attached hydrogens (tertiary/aromatic N) is 2. The molecule has 0 saturated carbocycles. The number of rotatable bonds is 8. The van der Waals surface area contributed by atoms with E-state index in [2.05, 4.69) is 5.32 Å². The predicted molar refractivity (Wildman–Crippen MR) is 134 cm³/mol. The van der Waals surface area contributed by atoms with Crippen LogP contribution in [0.4, 0.5) is 0 Å². The van der Waals surface area contributed by atoms with Crippen LogP contribution in [0.3, 0.4) is 0 Å². The van der Waals surface area contributed by atoms with Gasteiger partial charge < -0.3 is 19.4 Å². The number of ether oxygens (including phenoxy) is 2. The maximum Gasteiger partial charge on any atom is 0.317 e. The monoisotopic (exact) mass is 473 g/mol. The number of benzene rings is 3. The number of aromatic nitrogens is 2. The Bertz CT molecular complexity index is 1490. The van der Waals surface area contributed by atoms with E-state index < -0.39 is 11.1 Å². The van der Waals surface area contributed by atoms with Crippen molar-refractivity contribution in [2.45, 2.75) is 20.0 Å². The van der Waals surface area contributed by atoms with Gasteiger partial charge in [0.05, 0.1) is 31.3 Å². The van der Waals surface area contributed by atoms with Crippen molar-refractivity contribution in [3.63, 3.8) is 0 Å². The van der Waals surface area contributed by atoms with Crippen LogP contribution in [-0.2, 0) is 20.1 Å². The molecule has 0 aliphatic carbocycles. The number of carbonyl (C=O) groups excluding carboxylic acids is 1. The van der Waals surface area contributed by atoms with E-state index in [0.717, 1.165) is 11.1 Å². The number of fused-ring (bicyclic) bond motifs is 1. The van der Waals surface area contributed by atoms with Crippen LogP contribution in [0.1, 0.15) is 28.4 Å². The average molecular weight is 474 g/mol. The fourth-order valence-corrected chi connectivity index (χ4v) is 3.94. The summed E-state index contributed by atoms with van der Waals surface area (Å²) in [5.74, 6) is 1.05. The SMILES string of the molecule is CCOc1ccc(CNC(=O)c2ccc(Cn3c(=O)c(=O)n(C)c4ccccc43)cc2)cc1OC. The minimum Gasteiger partial charge on any atom is -0.493 e. The molecule has 8 nitrogen and oxygen atoms in total. The Balaban J connectivity index is 1.48. The van der Waals surface area contributed by atoms with Gasteiger partial charge >= 0.3 is 11.1 Å². The highest BCUT2D eigenvalue weighted by Crippen LogP contribution is 2.28. The van der Waals surface area contributed by atoms with Gasteiger partial charge in [0.15, 0.2) is 11.5 Å². The number of hydrogen-bond donors (Lipinski definition) is 1. The molecule has 1 amide bonds. The van der Waals surface area contributed by atoms with Crippen molar-refractivity contribution >= 4 is 16.9 Å². The highest BCUT2D eigenvalue weighted by molar-refractivity contribution is 5.94. The van der Waals surface area contributed by atoms with Gasteiger partial charge in [0.2, 0.25) is 0 Å². The van der Waals surface area contributed by atoms with Crippen molar-refractivity contribution in [1.29, 1.82) is 0 Å². The van der Waals surface area contributed by atoms with E-state index >= 15 is 0 Å². The minimum absolute atomic E-state index is 0.222. The van der Waals surface area contributed by atoms with Crippen LogP contribution in [-0.4, -0.2) is 28.8 Å². The van der Waals surface area contributed by atoms with Crippen LogP contribution in [0, 0.1) is 0 Å². The number of methoxy groups -OCH3 is 1. The molecule has 4 rings (SSSR count). The molecule has 0 fully saturated rings. The van der Waals surface area contributed by atoms with Crippen LogP contribution in [0.15, 0.2) is 76.3 Å². The van der Waals surface area contributed by atoms with E-state index in [0.29, 0.717) is 41.2 Å². The Morgan fingerprint density at radius 3 is 2.26 bits per heavy atom. The van der Waals surface area contributed by atoms with Crippen LogP contribution in [0.5, 0.6) is 11.5 Å². The summed E-state index contributed by atoms with van der Waals surface area (Å²) in [7, 11) is 3.17. The molecule has 180 valence electrons. The smallest absolute Gasteiger partial charge is 0.317 e. The van der Waals surface area contributed by atoms with Gasteiger partial charge in [-0.2, -0.15) is 0 Å². The van der Waals surface area contributed by atoms with E-state index in [1.807, 2.05) is 43.3 Å². The molecule has 3 aromatic carbocycles. The van der Waals surface area contributed by atoms with Crippen molar-refractivity contribution < 1.29 is 14.3 Å². The largest absolute Gasteiger partial charge is 0.493 e. The first-order valence-electron chi connectivity index (χ1n) is 11.3. The first-order chi connectivity index (χ1) is 16.9. The first kappa shape index (κ1) is 23.8. The Morgan fingerprint density at radius 2 is 1.57 bits per heavy atom. The molecule has 0 aliphatic heterocycles. The highest BCUT2D eigenvalue weighted by Gasteiger charge is 2.12. The summed E-state index contributed by atoms with van der Waals surface area (Å²) in [5.41, 5.74) is 2.37. The molecule has 0 unspecified atom stereocenters. The summed E-state index contributed by atoms with van der Waals surface area (Å²) in [5, 5.41) is 2.90. The zero-order valence-corrected chi connectivity index (χ0v) is 19.9. The Hall–Kier alpha value is -4.33. The summed E-state index contributed by atoms with van der Waals surface area (Å²) >= 11 is 0. The topological polar surface area (TPSA) is 91.6 Å². The van der Waals surface area contributed by atoms with Gasteiger partial charge in [-0.15, -0.1) is 0 Å². The van der Waals surface area contributed by atoms with Gasteiger partial charge in [0.25, 0.3) is 5.91 Å². The lowest BCUT2D eigenvalue weighted by Crippen LogP contribution is -2.40. The number of nitrogens with one attached hydrogen (secondary N) is 1. The second kappa shape index (κ2) is 10.3. The van der Waals surface area contributed by atoms with Crippen LogP contribution in [0.2, 0.25) is 0 Å². The third-order valence-electron chi connectivity index (χ3n) is 5.80. The van der Waals surface area contributed by atoms with Crippen molar-refractivity contribution in [2.24, 2.45) is 7.05 Å². The van der Waals surface area contributed by atoms with Gasteiger partial charge in [-0.25, -0.2) is 0 Å². The maximum atomic E-state index is 12.7. The van der Waals surface area contributed by atoms with Gasteiger partial charge in [0.1, 0.15) is 0 Å². The normalized spacial score (nSPS) is 10.8. The summed E-state index contributed by atoms with van der Waals surface area (Å²) < 4.78 is 13.7. The van der Waals surface area contributed by atoms with Gasteiger partial charge in [-0.05, 0) is 54.4 Å². The lowest BCUT2D eigenvalue weighted by atomic mass is 10.1. The number of aryl methyl sites for hydroxylation is 1. The molecule has 0 radical (unpaired) electrons. The minimum atomic E-state index is -0.584. The molecule has 0 aliphatic rings. The number of para-hydroxylation sites is 2. The van der Waals surface area contributed by atoms with Crippen LogP contribution >= 0.6 is 0 Å². The first-order valence-corrected chi connectivity index (χ1v) is 11.3. The van der Waals surface area contributed by atoms with E-state index in [9.17, 15) is 14.4 Å². The second-order valence-corrected chi connectivity index (χ2v) is 8.04. The number of carbonyl (C=O) groups is 1. The van der Waals surface area contributed by atoms with E-state index in [4.69, 9.17) is 9.47 Å². The molecule has 0 atom stereocenters. The molecule has 1 N–H and O–H groups in total. The maximum absolute atomic E-state index is 12.7. The molecule has 1 aromatic heterocycles. The summed E-state index contributed by atoms with van der Waals surface area (Å²) in [6, 6.07) is 19.8. The Labute approximate surface area is 202 Å². The number of amides is 1. The molecule has 35 heavy (non-hydrogen) atoms. The number of hydrogen-bond acceptors (Lipinski definition) is 5. The van der Waals surface area contributed by atoms with E-state index in [1.165, 1.54) is 9.13 Å². The standard InChI is InChI=1S/C27H27N3O5/c1-4-35-23-14-11-19(15-24(23)34-3)16-28-25(31)20-12-9-18(10-13-20)17-30-22-8-6-5-7-21(22)29(2)26(32)27(30)33/h5-15H,4,16-17H2,1-3H3,(H,28,31). The van der Waals surface area contributed by atoms with Crippen molar-refractivity contribution in [3.05, 3.63) is 104 Å². The molecule has 0 saturated heterocycles. The zero-order chi connectivity index (χ0) is 24.9. The summed E-state index contributed by atoms with van der Waals surface area (Å²) in [6.45, 7) is 3.00. The quantitative estimate of drug-likeness (QED) is 0.397. The van der Waals surface area contributed by atoms with Gasteiger partial charge in [0, 0.05) is 19.2 Å². The average Bonchev–Trinajstić information content (AvgIpc) is 2.89. The van der Waals surface area contributed by atoms with Crippen molar-refractivity contribution in [2.75, 3.05) is 13.7 Å². The van der Waals surface area contributed by atoms with Gasteiger partial charge in [-0.3, -0.25) is 19.0 Å². The molecule has 0 bridgehead atoms. The fourth-order valence-electron chi connectivity index (χ4n) is 3.94. The summed E-state index contributed by atoms with van der Waals surface area (Å²) in [6.07, 6.45) is 0. The fraction of sp³-hybridized carbons (Fsp3) is 0.222. The molecule has 8 heteroatoms. The van der Waals surface area contributed by atoms with Crippen LogP contribution < -0.4 is 25.9 Å². The Morgan fingerprint density at radius 1 is 0.886 bits per heavy atom. The summed E-state index contributed by atoms with van der Waals surface area (Å²) in [4.78, 5) is 37.7. The van der Waals surface area contributed by atoms with Crippen molar-refractivity contribution in [3.8, 4) is 11.5 Å².